The van der Waals surface area contributed by atoms with Gasteiger partial charge in [0, 0.05) is 6.42 Å². The Morgan fingerprint density at radius 3 is 2.53 bits per heavy atom. The van der Waals surface area contributed by atoms with Gasteiger partial charge in [0.05, 0.1) is 6.07 Å². The van der Waals surface area contributed by atoms with E-state index >= 15 is 0 Å². The van der Waals surface area contributed by atoms with Crippen LogP contribution in [0.15, 0.2) is 30.3 Å². The number of hydrogen-bond acceptors (Lipinski definition) is 2. The maximum Gasteiger partial charge on any atom is 0.154 e. The minimum absolute atomic E-state index is 0.0507. The molecule has 1 rings (SSSR count). The highest BCUT2D eigenvalue weighted by Crippen LogP contribution is 2.18. The third kappa shape index (κ3) is 4.40. The Hall–Kier alpha value is -1.62. The van der Waals surface area contributed by atoms with Gasteiger partial charge in [-0.1, -0.05) is 56.5 Å². The van der Waals surface area contributed by atoms with Gasteiger partial charge in [0.25, 0.3) is 0 Å². The number of rotatable bonds is 7. The Bertz CT molecular complexity index is 378. The molecule has 0 bridgehead atoms. The Morgan fingerprint density at radius 1 is 1.24 bits per heavy atom. The number of nitriles is 1. The van der Waals surface area contributed by atoms with Crippen LogP contribution in [0.1, 0.15) is 50.5 Å². The summed E-state index contributed by atoms with van der Waals surface area (Å²) in [5.41, 5.74) is 0.815. The van der Waals surface area contributed by atoms with Crippen LogP contribution < -0.4 is 0 Å². The lowest BCUT2D eigenvalue weighted by Gasteiger charge is -2.08. The van der Waals surface area contributed by atoms with Gasteiger partial charge in [-0.3, -0.25) is 4.79 Å². The van der Waals surface area contributed by atoms with Crippen molar-refractivity contribution in [3.63, 3.8) is 0 Å². The number of unbranched alkanes of at least 4 members (excludes halogenated alkanes) is 3. The predicted octanol–water partition coefficient (Wildman–Crippen LogP) is 3.83. The molecule has 0 spiro atoms. The molecule has 1 unspecified atom stereocenters. The van der Waals surface area contributed by atoms with Crippen molar-refractivity contribution in [3.8, 4) is 6.07 Å². The van der Waals surface area contributed by atoms with Crippen molar-refractivity contribution in [1.82, 2.24) is 0 Å². The number of hydrogen-bond donors (Lipinski definition) is 0. The summed E-state index contributed by atoms with van der Waals surface area (Å²) in [7, 11) is 0. The summed E-state index contributed by atoms with van der Waals surface area (Å²) in [6.07, 6.45) is 4.82. The third-order valence-corrected chi connectivity index (χ3v) is 2.86. The normalized spacial score (nSPS) is 11.8. The fourth-order valence-electron chi connectivity index (χ4n) is 1.85. The van der Waals surface area contributed by atoms with Gasteiger partial charge >= 0.3 is 0 Å². The Morgan fingerprint density at radius 2 is 1.94 bits per heavy atom. The molecule has 0 aliphatic rings. The lowest BCUT2D eigenvalue weighted by Crippen LogP contribution is -2.10. The highest BCUT2D eigenvalue weighted by molar-refractivity contribution is 5.88. The SMILES string of the molecule is CCCCCCC(=O)C(C#N)c1ccccc1. The minimum Gasteiger partial charge on any atom is -0.298 e. The molecule has 0 amide bonds. The lowest BCUT2D eigenvalue weighted by molar-refractivity contribution is -0.119. The van der Waals surface area contributed by atoms with Gasteiger partial charge in [-0.2, -0.15) is 5.26 Å². The number of ketones is 1. The number of benzene rings is 1. The minimum atomic E-state index is -0.585. The molecular weight excluding hydrogens is 210 g/mol. The smallest absolute Gasteiger partial charge is 0.154 e. The van der Waals surface area contributed by atoms with Crippen LogP contribution in [-0.4, -0.2) is 5.78 Å². The molecule has 0 radical (unpaired) electrons. The molecule has 0 aromatic heterocycles. The molecule has 0 saturated carbocycles. The molecule has 17 heavy (non-hydrogen) atoms. The molecular formula is C15H19NO. The number of carbonyl (C=O) groups excluding carboxylic acids is 1. The van der Waals surface area contributed by atoms with Crippen molar-refractivity contribution in [2.45, 2.75) is 44.9 Å². The number of nitrogens with zero attached hydrogens (tertiary/aromatic N) is 1. The van der Waals surface area contributed by atoms with Gasteiger partial charge in [-0.05, 0) is 12.0 Å². The second-order valence-corrected chi connectivity index (χ2v) is 4.25. The summed E-state index contributed by atoms with van der Waals surface area (Å²) in [6, 6.07) is 11.4. The number of Topliss-reactive ketones (excluding diaryl/α,β-unsaturated/α-hetero) is 1. The monoisotopic (exact) mass is 229 g/mol. The summed E-state index contributed by atoms with van der Waals surface area (Å²) in [5.74, 6) is -0.535. The zero-order chi connectivity index (χ0) is 12.5. The molecule has 0 aliphatic carbocycles. The quantitative estimate of drug-likeness (QED) is 0.667. The van der Waals surface area contributed by atoms with Crippen LogP contribution in [0.25, 0.3) is 0 Å². The van der Waals surface area contributed by atoms with E-state index < -0.39 is 5.92 Å². The van der Waals surface area contributed by atoms with E-state index in [0.29, 0.717) is 6.42 Å². The van der Waals surface area contributed by atoms with Crippen molar-refractivity contribution >= 4 is 5.78 Å². The Kier molecular flexibility index (Phi) is 6.03. The standard InChI is InChI=1S/C15H19NO/c1-2-3-4-8-11-15(17)14(12-16)13-9-6-5-7-10-13/h5-7,9-10,14H,2-4,8,11H2,1H3. The van der Waals surface area contributed by atoms with Crippen LogP contribution in [0.5, 0.6) is 0 Å². The first-order valence-electron chi connectivity index (χ1n) is 6.27. The first-order chi connectivity index (χ1) is 8.29. The zero-order valence-electron chi connectivity index (χ0n) is 10.4. The average Bonchev–Trinajstić information content (AvgIpc) is 2.37. The molecule has 0 aliphatic heterocycles. The highest BCUT2D eigenvalue weighted by atomic mass is 16.1. The Labute approximate surface area is 103 Å². The molecule has 0 saturated heterocycles. The van der Waals surface area contributed by atoms with Gasteiger partial charge in [-0.25, -0.2) is 0 Å². The van der Waals surface area contributed by atoms with E-state index in [1.165, 1.54) is 0 Å². The van der Waals surface area contributed by atoms with Crippen molar-refractivity contribution < 1.29 is 4.79 Å². The summed E-state index contributed by atoms with van der Waals surface area (Å²) >= 11 is 0. The van der Waals surface area contributed by atoms with Gasteiger partial charge in [0.2, 0.25) is 0 Å². The summed E-state index contributed by atoms with van der Waals surface area (Å²) < 4.78 is 0. The van der Waals surface area contributed by atoms with Gasteiger partial charge < -0.3 is 0 Å². The topological polar surface area (TPSA) is 40.9 Å². The third-order valence-electron chi connectivity index (χ3n) is 2.86. The molecule has 90 valence electrons. The average molecular weight is 229 g/mol. The van der Waals surface area contributed by atoms with Crippen LogP contribution in [0.3, 0.4) is 0 Å². The molecule has 1 atom stereocenters. The maximum atomic E-state index is 11.9. The van der Waals surface area contributed by atoms with Crippen LogP contribution in [0, 0.1) is 11.3 Å². The summed E-state index contributed by atoms with van der Waals surface area (Å²) in [6.45, 7) is 2.14. The van der Waals surface area contributed by atoms with E-state index in [1.54, 1.807) is 0 Å². The van der Waals surface area contributed by atoms with Crippen LogP contribution in [0.2, 0.25) is 0 Å². The van der Waals surface area contributed by atoms with Crippen LogP contribution >= 0.6 is 0 Å². The first-order valence-corrected chi connectivity index (χ1v) is 6.27. The molecule has 1 aromatic rings. The second-order valence-electron chi connectivity index (χ2n) is 4.25. The van der Waals surface area contributed by atoms with E-state index in [1.807, 2.05) is 30.3 Å². The largest absolute Gasteiger partial charge is 0.298 e. The molecule has 0 heterocycles. The molecule has 1 aromatic carbocycles. The van der Waals surface area contributed by atoms with Crippen molar-refractivity contribution in [3.05, 3.63) is 35.9 Å². The van der Waals surface area contributed by atoms with Crippen molar-refractivity contribution in [2.24, 2.45) is 0 Å². The van der Waals surface area contributed by atoms with Crippen LogP contribution in [-0.2, 0) is 4.79 Å². The van der Waals surface area contributed by atoms with E-state index in [2.05, 4.69) is 13.0 Å². The second kappa shape index (κ2) is 7.62. The fourth-order valence-corrected chi connectivity index (χ4v) is 1.85. The van der Waals surface area contributed by atoms with Gasteiger partial charge in [0.1, 0.15) is 5.92 Å². The van der Waals surface area contributed by atoms with E-state index in [0.717, 1.165) is 31.2 Å². The van der Waals surface area contributed by atoms with Crippen molar-refractivity contribution in [1.29, 1.82) is 5.26 Å². The van der Waals surface area contributed by atoms with Crippen LogP contribution in [0.4, 0.5) is 0 Å². The zero-order valence-corrected chi connectivity index (χ0v) is 10.4. The number of carbonyl (C=O) groups is 1. The highest BCUT2D eigenvalue weighted by Gasteiger charge is 2.18. The van der Waals surface area contributed by atoms with Gasteiger partial charge in [0.15, 0.2) is 5.78 Å². The Balaban J connectivity index is 2.52. The summed E-state index contributed by atoms with van der Waals surface area (Å²) in [4.78, 5) is 11.9. The molecule has 2 heteroatoms. The molecule has 0 fully saturated rings. The predicted molar refractivity (Wildman–Crippen MR) is 68.6 cm³/mol. The molecule has 0 N–H and O–H groups in total. The molecule has 2 nitrogen and oxygen atoms in total. The van der Waals surface area contributed by atoms with Crippen molar-refractivity contribution in [2.75, 3.05) is 0 Å². The first kappa shape index (κ1) is 13.4. The summed E-state index contributed by atoms with van der Waals surface area (Å²) in [5, 5.41) is 9.08. The maximum absolute atomic E-state index is 11.9. The van der Waals surface area contributed by atoms with E-state index in [9.17, 15) is 4.79 Å². The fraction of sp³-hybridized carbons (Fsp3) is 0.467. The van der Waals surface area contributed by atoms with Gasteiger partial charge in [-0.15, -0.1) is 0 Å². The van der Waals surface area contributed by atoms with E-state index in [-0.39, 0.29) is 5.78 Å². The van der Waals surface area contributed by atoms with E-state index in [4.69, 9.17) is 5.26 Å². The lowest BCUT2D eigenvalue weighted by atomic mass is 9.93.